The normalized spacial score (nSPS) is 15.4. The Morgan fingerprint density at radius 3 is 2.33 bits per heavy atom. The first-order valence-corrected chi connectivity index (χ1v) is 7.15. The number of rotatable bonds is 4. The van der Waals surface area contributed by atoms with Gasteiger partial charge in [0, 0.05) is 5.33 Å². The highest BCUT2D eigenvalue weighted by Gasteiger charge is 2.23. The van der Waals surface area contributed by atoms with Gasteiger partial charge in [0.1, 0.15) is 11.9 Å². The maximum atomic E-state index is 10.0. The van der Waals surface area contributed by atoms with Crippen molar-refractivity contribution < 1.29 is 15.3 Å². The molecule has 1 aromatic rings. The van der Waals surface area contributed by atoms with Crippen LogP contribution in [0.2, 0.25) is 0 Å². The summed E-state index contributed by atoms with van der Waals surface area (Å²) in [6.07, 6.45) is -1.25. The van der Waals surface area contributed by atoms with Gasteiger partial charge in [-0.25, -0.2) is 0 Å². The first-order valence-electron chi connectivity index (χ1n) is 6.03. The van der Waals surface area contributed by atoms with Gasteiger partial charge < -0.3 is 15.3 Å². The molecule has 0 bridgehead atoms. The van der Waals surface area contributed by atoms with Crippen molar-refractivity contribution in [1.82, 2.24) is 0 Å². The monoisotopic (exact) mass is 316 g/mol. The van der Waals surface area contributed by atoms with Crippen molar-refractivity contribution in [3.05, 3.63) is 29.3 Å². The van der Waals surface area contributed by atoms with Crippen molar-refractivity contribution in [1.29, 1.82) is 0 Å². The van der Waals surface area contributed by atoms with Crippen molar-refractivity contribution in [2.45, 2.75) is 44.8 Å². The highest BCUT2D eigenvalue weighted by atomic mass is 79.9. The highest BCUT2D eigenvalue weighted by molar-refractivity contribution is 9.09. The van der Waals surface area contributed by atoms with Gasteiger partial charge in [-0.15, -0.1) is 0 Å². The van der Waals surface area contributed by atoms with E-state index in [0.717, 1.165) is 5.56 Å². The van der Waals surface area contributed by atoms with E-state index in [9.17, 15) is 15.3 Å². The van der Waals surface area contributed by atoms with Crippen LogP contribution < -0.4 is 0 Å². The fourth-order valence-electron chi connectivity index (χ4n) is 1.83. The summed E-state index contributed by atoms with van der Waals surface area (Å²) in [5.74, 6) is 0.216. The summed E-state index contributed by atoms with van der Waals surface area (Å²) in [6.45, 7) is 5.98. The van der Waals surface area contributed by atoms with Crippen LogP contribution in [0.4, 0.5) is 0 Å². The number of aliphatic hydroxyl groups is 2. The molecule has 0 fully saturated rings. The molecule has 18 heavy (non-hydrogen) atoms. The van der Waals surface area contributed by atoms with Crippen LogP contribution in [0.15, 0.2) is 18.2 Å². The number of aromatic hydroxyl groups is 1. The molecule has 0 aliphatic rings. The lowest BCUT2D eigenvalue weighted by atomic mass is 9.84. The second-order valence-electron chi connectivity index (χ2n) is 5.52. The number of hydrogen-bond donors (Lipinski definition) is 3. The largest absolute Gasteiger partial charge is 0.508 e. The zero-order valence-corrected chi connectivity index (χ0v) is 12.6. The molecular weight excluding hydrogens is 296 g/mol. The topological polar surface area (TPSA) is 60.7 Å². The van der Waals surface area contributed by atoms with E-state index in [1.807, 2.05) is 20.8 Å². The van der Waals surface area contributed by atoms with Crippen LogP contribution in [0.3, 0.4) is 0 Å². The van der Waals surface area contributed by atoms with Crippen molar-refractivity contribution in [3.8, 4) is 5.75 Å². The molecule has 0 spiro atoms. The third kappa shape index (κ3) is 3.70. The molecule has 102 valence electrons. The number of alkyl halides is 1. The first-order chi connectivity index (χ1) is 8.27. The van der Waals surface area contributed by atoms with E-state index in [2.05, 4.69) is 15.9 Å². The molecule has 0 heterocycles. The SMILES string of the molecule is CC(C)(C)c1cc(C(O)C(O)CCBr)ccc1O. The summed E-state index contributed by atoms with van der Waals surface area (Å²) in [4.78, 5) is 0. The predicted molar refractivity (Wildman–Crippen MR) is 76.2 cm³/mol. The number of halogens is 1. The van der Waals surface area contributed by atoms with Crippen molar-refractivity contribution in [2.75, 3.05) is 5.33 Å². The lowest BCUT2D eigenvalue weighted by Gasteiger charge is -2.23. The minimum atomic E-state index is -0.927. The van der Waals surface area contributed by atoms with Crippen LogP contribution in [-0.4, -0.2) is 26.8 Å². The minimum Gasteiger partial charge on any atom is -0.508 e. The van der Waals surface area contributed by atoms with Gasteiger partial charge in [-0.2, -0.15) is 0 Å². The predicted octanol–water partition coefficient (Wildman–Crippen LogP) is 2.87. The average molecular weight is 317 g/mol. The van der Waals surface area contributed by atoms with Crippen molar-refractivity contribution in [2.24, 2.45) is 0 Å². The zero-order valence-electron chi connectivity index (χ0n) is 11.0. The molecule has 0 saturated carbocycles. The van der Waals surface area contributed by atoms with Crippen LogP contribution in [0, 0.1) is 0 Å². The summed E-state index contributed by atoms with van der Waals surface area (Å²) in [6, 6.07) is 4.98. The van der Waals surface area contributed by atoms with E-state index in [1.54, 1.807) is 18.2 Å². The van der Waals surface area contributed by atoms with Crippen molar-refractivity contribution >= 4 is 15.9 Å². The minimum absolute atomic E-state index is 0.208. The molecule has 4 heteroatoms. The Morgan fingerprint density at radius 1 is 1.22 bits per heavy atom. The summed E-state index contributed by atoms with van der Waals surface area (Å²) >= 11 is 3.24. The Bertz CT molecular complexity index is 399. The number of phenols is 1. The van der Waals surface area contributed by atoms with Crippen LogP contribution in [0.5, 0.6) is 5.75 Å². The quantitative estimate of drug-likeness (QED) is 0.748. The molecular formula is C14H21BrO3. The standard InChI is InChI=1S/C14H21BrO3/c1-14(2,3)10-8-9(4-5-11(10)16)13(18)12(17)6-7-15/h4-5,8,12-13,16-18H,6-7H2,1-3H3. The van der Waals surface area contributed by atoms with Gasteiger partial charge in [0.25, 0.3) is 0 Å². The molecule has 1 rings (SSSR count). The van der Waals surface area contributed by atoms with Gasteiger partial charge in [-0.3, -0.25) is 0 Å². The van der Waals surface area contributed by atoms with E-state index in [4.69, 9.17) is 0 Å². The Morgan fingerprint density at radius 2 is 1.83 bits per heavy atom. The fraction of sp³-hybridized carbons (Fsp3) is 0.571. The number of benzene rings is 1. The molecule has 0 aromatic heterocycles. The van der Waals surface area contributed by atoms with Crippen LogP contribution >= 0.6 is 15.9 Å². The van der Waals surface area contributed by atoms with Gasteiger partial charge in [0.2, 0.25) is 0 Å². The lowest BCUT2D eigenvalue weighted by Crippen LogP contribution is -2.20. The summed E-state index contributed by atoms with van der Waals surface area (Å²) in [7, 11) is 0. The molecule has 0 saturated heterocycles. The van der Waals surface area contributed by atoms with Gasteiger partial charge in [0.05, 0.1) is 6.10 Å². The molecule has 2 unspecified atom stereocenters. The Balaban J connectivity index is 3.05. The van der Waals surface area contributed by atoms with E-state index in [0.29, 0.717) is 17.3 Å². The Labute approximate surface area is 117 Å². The summed E-state index contributed by atoms with van der Waals surface area (Å²) in [5, 5.41) is 30.3. The molecule has 1 aromatic carbocycles. The Hall–Kier alpha value is -0.580. The van der Waals surface area contributed by atoms with Gasteiger partial charge in [-0.05, 0) is 35.1 Å². The molecule has 0 aliphatic carbocycles. The van der Waals surface area contributed by atoms with Crippen LogP contribution in [0.1, 0.15) is 44.4 Å². The lowest BCUT2D eigenvalue weighted by molar-refractivity contribution is 0.0172. The van der Waals surface area contributed by atoms with E-state index >= 15 is 0 Å². The van der Waals surface area contributed by atoms with Crippen molar-refractivity contribution in [3.63, 3.8) is 0 Å². The summed E-state index contributed by atoms with van der Waals surface area (Å²) in [5.41, 5.74) is 1.19. The molecule has 0 radical (unpaired) electrons. The van der Waals surface area contributed by atoms with Gasteiger partial charge >= 0.3 is 0 Å². The second kappa shape index (κ2) is 6.04. The average Bonchev–Trinajstić information content (AvgIpc) is 2.27. The fourth-order valence-corrected chi connectivity index (χ4v) is 2.30. The second-order valence-corrected chi connectivity index (χ2v) is 6.31. The van der Waals surface area contributed by atoms with E-state index < -0.39 is 12.2 Å². The van der Waals surface area contributed by atoms with Crippen LogP contribution in [0.25, 0.3) is 0 Å². The van der Waals surface area contributed by atoms with E-state index in [-0.39, 0.29) is 11.2 Å². The summed E-state index contributed by atoms with van der Waals surface area (Å²) < 4.78 is 0. The molecule has 2 atom stereocenters. The molecule has 0 aliphatic heterocycles. The third-order valence-corrected chi connectivity index (χ3v) is 3.40. The van der Waals surface area contributed by atoms with Gasteiger partial charge in [-0.1, -0.05) is 42.8 Å². The number of aliphatic hydroxyl groups excluding tert-OH is 2. The first kappa shape index (κ1) is 15.5. The smallest absolute Gasteiger partial charge is 0.119 e. The third-order valence-electron chi connectivity index (χ3n) is 2.94. The number of phenolic OH excluding ortho intramolecular Hbond substituents is 1. The van der Waals surface area contributed by atoms with E-state index in [1.165, 1.54) is 0 Å². The molecule has 3 nitrogen and oxygen atoms in total. The maximum Gasteiger partial charge on any atom is 0.119 e. The zero-order chi connectivity index (χ0) is 13.9. The molecule has 0 amide bonds. The Kier molecular flexibility index (Phi) is 5.20. The van der Waals surface area contributed by atoms with Gasteiger partial charge in [0.15, 0.2) is 0 Å². The maximum absolute atomic E-state index is 10.0. The molecule has 3 N–H and O–H groups in total. The highest BCUT2D eigenvalue weighted by Crippen LogP contribution is 2.33. The number of hydrogen-bond acceptors (Lipinski definition) is 3. The van der Waals surface area contributed by atoms with Crippen LogP contribution in [-0.2, 0) is 5.41 Å².